The summed E-state index contributed by atoms with van der Waals surface area (Å²) in [5.74, 6) is -0.379. The van der Waals surface area contributed by atoms with E-state index in [2.05, 4.69) is 15.2 Å². The summed E-state index contributed by atoms with van der Waals surface area (Å²) in [6.45, 7) is 0. The lowest BCUT2D eigenvalue weighted by atomic mass is 10.2. The molecule has 0 radical (unpaired) electrons. The largest absolute Gasteiger partial charge is 0.364 e. The zero-order valence-corrected chi connectivity index (χ0v) is 9.20. The third-order valence-electron chi connectivity index (χ3n) is 2.19. The number of hydrogen-bond donors (Lipinski definition) is 3. The van der Waals surface area contributed by atoms with Crippen LogP contribution < -0.4 is 11.2 Å². The minimum Gasteiger partial charge on any atom is -0.364 e. The van der Waals surface area contributed by atoms with Gasteiger partial charge in [-0.3, -0.25) is 0 Å². The molecule has 0 amide bonds. The Kier molecular flexibility index (Phi) is 3.19. The first kappa shape index (κ1) is 11.6. The van der Waals surface area contributed by atoms with E-state index in [1.165, 1.54) is 6.21 Å². The highest BCUT2D eigenvalue weighted by molar-refractivity contribution is 5.99. The Morgan fingerprint density at radius 2 is 2.28 bits per heavy atom. The average molecular weight is 246 g/mol. The van der Waals surface area contributed by atoms with E-state index in [0.717, 1.165) is 16.5 Å². The zero-order chi connectivity index (χ0) is 13.0. The van der Waals surface area contributed by atoms with E-state index in [0.29, 0.717) is 0 Å². The van der Waals surface area contributed by atoms with Crippen LogP contribution in [0.25, 0.3) is 10.9 Å². The number of aromatic nitrogens is 1. The number of rotatable bonds is 3. The number of guanidine groups is 1. The second kappa shape index (κ2) is 4.95. The van der Waals surface area contributed by atoms with Crippen molar-refractivity contribution >= 4 is 23.1 Å². The molecular weight excluding hydrogens is 236 g/mol. The highest BCUT2D eigenvalue weighted by Crippen LogP contribution is 2.15. The predicted octanol–water partition coefficient (Wildman–Crippen LogP) is 0.598. The number of nitrogens with two attached hydrogens (primary N) is 1. The molecule has 1 aromatic heterocycles. The highest BCUT2D eigenvalue weighted by Gasteiger charge is 2.00. The van der Waals surface area contributed by atoms with Crippen LogP contribution in [0, 0.1) is 10.1 Å². The topological polar surface area (TPSA) is 122 Å². The summed E-state index contributed by atoms with van der Waals surface area (Å²) in [6, 6.07) is 7.67. The summed E-state index contributed by atoms with van der Waals surface area (Å²) in [7, 11) is 0. The van der Waals surface area contributed by atoms with Gasteiger partial charge in [-0.25, -0.2) is 10.1 Å². The number of H-pyrrole nitrogens is 1. The van der Waals surface area contributed by atoms with Crippen molar-refractivity contribution in [1.82, 2.24) is 10.4 Å². The van der Waals surface area contributed by atoms with Gasteiger partial charge in [0.1, 0.15) is 0 Å². The lowest BCUT2D eigenvalue weighted by Crippen LogP contribution is -2.35. The van der Waals surface area contributed by atoms with Gasteiger partial charge in [-0.2, -0.15) is 5.10 Å². The molecule has 0 spiro atoms. The monoisotopic (exact) mass is 246 g/mol. The third-order valence-corrected chi connectivity index (χ3v) is 2.19. The Labute approximate surface area is 101 Å². The van der Waals surface area contributed by atoms with Crippen LogP contribution in [0.15, 0.2) is 40.7 Å². The average Bonchev–Trinajstić information content (AvgIpc) is 2.72. The summed E-state index contributed by atoms with van der Waals surface area (Å²) >= 11 is 0. The molecule has 2 rings (SSSR count). The highest BCUT2D eigenvalue weighted by atomic mass is 16.7. The van der Waals surface area contributed by atoms with Crippen LogP contribution in [0.3, 0.4) is 0 Å². The second-order valence-electron chi connectivity index (χ2n) is 3.39. The number of fused-ring (bicyclic) bond motifs is 1. The smallest absolute Gasteiger partial charge is 0.275 e. The summed E-state index contributed by atoms with van der Waals surface area (Å²) in [5.41, 5.74) is 8.68. The molecule has 4 N–H and O–H groups in total. The standard InChI is InChI=1S/C10H10N6O2/c11-10(15-16(17)18)14-13-6-7-5-12-9-4-2-1-3-8(7)9/h1-6,12H,(H3,11,14,15)/b13-6+. The van der Waals surface area contributed by atoms with E-state index in [1.807, 2.05) is 24.3 Å². The van der Waals surface area contributed by atoms with Crippen LogP contribution in [0.5, 0.6) is 0 Å². The maximum atomic E-state index is 10.1. The molecule has 8 heteroatoms. The number of aromatic amines is 1. The van der Waals surface area contributed by atoms with Crippen molar-refractivity contribution in [1.29, 1.82) is 0 Å². The van der Waals surface area contributed by atoms with E-state index in [1.54, 1.807) is 11.6 Å². The van der Waals surface area contributed by atoms with E-state index < -0.39 is 5.03 Å². The number of nitrogens with one attached hydrogen (secondary N) is 2. The molecule has 1 aromatic carbocycles. The van der Waals surface area contributed by atoms with Gasteiger partial charge in [0.15, 0.2) is 5.03 Å². The summed E-state index contributed by atoms with van der Waals surface area (Å²) in [5, 5.41) is 17.3. The van der Waals surface area contributed by atoms with Gasteiger partial charge in [-0.1, -0.05) is 23.6 Å². The molecule has 0 fully saturated rings. The normalized spacial score (nSPS) is 12.1. The molecule has 0 saturated carbocycles. The Morgan fingerprint density at radius 3 is 3.06 bits per heavy atom. The maximum Gasteiger partial charge on any atom is 0.275 e. The molecular formula is C10H10N6O2. The van der Waals surface area contributed by atoms with Gasteiger partial charge < -0.3 is 10.7 Å². The molecule has 0 saturated heterocycles. The first-order valence-electron chi connectivity index (χ1n) is 5.00. The molecule has 8 nitrogen and oxygen atoms in total. The first-order valence-corrected chi connectivity index (χ1v) is 5.00. The number of benzene rings is 1. The van der Waals surface area contributed by atoms with Crippen LogP contribution in [0.4, 0.5) is 0 Å². The lowest BCUT2D eigenvalue weighted by molar-refractivity contribution is -0.525. The van der Waals surface area contributed by atoms with Crippen molar-refractivity contribution in [2.75, 3.05) is 0 Å². The fraction of sp³-hybridized carbons (Fsp3) is 0. The molecule has 0 unspecified atom stereocenters. The van der Waals surface area contributed by atoms with Crippen molar-refractivity contribution in [3.63, 3.8) is 0 Å². The SMILES string of the molecule is N/C(=N/N=C/c1c[nH]c2ccccc12)N[N+](=O)[O-]. The Morgan fingerprint density at radius 1 is 1.50 bits per heavy atom. The number of hydrogen-bond acceptors (Lipinski definition) is 4. The number of nitro groups is 1. The summed E-state index contributed by atoms with van der Waals surface area (Å²) < 4.78 is 0. The van der Waals surface area contributed by atoms with Crippen molar-refractivity contribution in [2.45, 2.75) is 0 Å². The van der Waals surface area contributed by atoms with Crippen molar-refractivity contribution in [3.8, 4) is 0 Å². The molecule has 92 valence electrons. The molecule has 1 heterocycles. The van der Waals surface area contributed by atoms with Gasteiger partial charge in [0.05, 0.1) is 6.21 Å². The van der Waals surface area contributed by atoms with Crippen LogP contribution in [0.2, 0.25) is 0 Å². The molecule has 2 aromatic rings. The van der Waals surface area contributed by atoms with Gasteiger partial charge in [-0.15, -0.1) is 5.10 Å². The number of nitrogens with zero attached hydrogens (tertiary/aromatic N) is 3. The van der Waals surface area contributed by atoms with Crippen molar-refractivity contribution in [3.05, 3.63) is 46.1 Å². The Balaban J connectivity index is 2.16. The first-order chi connectivity index (χ1) is 8.66. The summed E-state index contributed by atoms with van der Waals surface area (Å²) in [4.78, 5) is 13.1. The lowest BCUT2D eigenvalue weighted by Gasteiger charge is -1.91. The van der Waals surface area contributed by atoms with E-state index >= 15 is 0 Å². The van der Waals surface area contributed by atoms with Crippen LogP contribution in [-0.4, -0.2) is 22.2 Å². The minimum atomic E-state index is -0.806. The zero-order valence-electron chi connectivity index (χ0n) is 9.20. The molecule has 0 aliphatic heterocycles. The fourth-order valence-electron chi connectivity index (χ4n) is 1.47. The third kappa shape index (κ3) is 2.61. The molecule has 0 aliphatic rings. The van der Waals surface area contributed by atoms with E-state index in [-0.39, 0.29) is 5.96 Å². The second-order valence-corrected chi connectivity index (χ2v) is 3.39. The molecule has 18 heavy (non-hydrogen) atoms. The van der Waals surface area contributed by atoms with Gasteiger partial charge in [-0.05, 0) is 6.07 Å². The van der Waals surface area contributed by atoms with Gasteiger partial charge in [0, 0.05) is 22.7 Å². The van der Waals surface area contributed by atoms with Crippen LogP contribution in [-0.2, 0) is 0 Å². The quantitative estimate of drug-likeness (QED) is 0.317. The summed E-state index contributed by atoms with van der Waals surface area (Å²) in [6.07, 6.45) is 3.23. The molecule has 0 bridgehead atoms. The van der Waals surface area contributed by atoms with Crippen molar-refractivity contribution < 1.29 is 5.03 Å². The molecule has 0 atom stereocenters. The fourth-order valence-corrected chi connectivity index (χ4v) is 1.47. The Hall–Kier alpha value is -2.90. The van der Waals surface area contributed by atoms with Crippen molar-refractivity contribution in [2.24, 2.45) is 15.9 Å². The maximum absolute atomic E-state index is 10.1. The number of hydrazine groups is 1. The molecule has 0 aliphatic carbocycles. The van der Waals surface area contributed by atoms with E-state index in [4.69, 9.17) is 5.73 Å². The van der Waals surface area contributed by atoms with Crippen LogP contribution >= 0.6 is 0 Å². The predicted molar refractivity (Wildman–Crippen MR) is 67.6 cm³/mol. The number of para-hydroxylation sites is 1. The van der Waals surface area contributed by atoms with Crippen LogP contribution in [0.1, 0.15) is 5.56 Å². The minimum absolute atomic E-state index is 0.379. The van der Waals surface area contributed by atoms with E-state index in [9.17, 15) is 10.1 Å². The van der Waals surface area contributed by atoms with Gasteiger partial charge in [0.25, 0.3) is 5.96 Å². The van der Waals surface area contributed by atoms with Gasteiger partial charge >= 0.3 is 0 Å². The van der Waals surface area contributed by atoms with Gasteiger partial charge in [0.2, 0.25) is 0 Å². The Bertz CT molecular complexity index is 630.